The van der Waals surface area contributed by atoms with Gasteiger partial charge in [-0.1, -0.05) is 12.1 Å². The summed E-state index contributed by atoms with van der Waals surface area (Å²) in [5.41, 5.74) is 1.12. The third-order valence-corrected chi connectivity index (χ3v) is 2.73. The summed E-state index contributed by atoms with van der Waals surface area (Å²) >= 11 is 2.17. The number of carboxylic acids is 1. The topological polar surface area (TPSA) is 53.1 Å². The minimum absolute atomic E-state index is 0.235. The number of H-pyrrole nitrogens is 1. The van der Waals surface area contributed by atoms with Crippen LogP contribution < -0.4 is 0 Å². The van der Waals surface area contributed by atoms with Crippen LogP contribution in [-0.4, -0.2) is 16.1 Å². The summed E-state index contributed by atoms with van der Waals surface area (Å²) in [5.74, 6) is -0.924. The van der Waals surface area contributed by atoms with Crippen LogP contribution in [0.2, 0.25) is 0 Å². The zero-order valence-electron chi connectivity index (χ0n) is 6.54. The minimum Gasteiger partial charge on any atom is -0.477 e. The molecule has 0 amide bonds. The highest BCUT2D eigenvalue weighted by Crippen LogP contribution is 2.20. The Hall–Kier alpha value is -1.04. The Balaban J connectivity index is 2.75. The zero-order valence-corrected chi connectivity index (χ0v) is 8.70. The first-order valence-corrected chi connectivity index (χ1v) is 4.77. The van der Waals surface area contributed by atoms with Crippen molar-refractivity contribution in [3.8, 4) is 0 Å². The quantitative estimate of drug-likeness (QED) is 0.792. The van der Waals surface area contributed by atoms with Gasteiger partial charge in [0.25, 0.3) is 0 Å². The van der Waals surface area contributed by atoms with Gasteiger partial charge in [-0.2, -0.15) is 0 Å². The molecular formula is C9H6INO2. The molecular weight excluding hydrogens is 281 g/mol. The van der Waals surface area contributed by atoms with E-state index in [4.69, 9.17) is 5.11 Å². The van der Waals surface area contributed by atoms with Gasteiger partial charge in [-0.25, -0.2) is 4.79 Å². The molecule has 0 bridgehead atoms. The van der Waals surface area contributed by atoms with Crippen molar-refractivity contribution in [2.24, 2.45) is 0 Å². The van der Waals surface area contributed by atoms with Crippen molar-refractivity contribution in [3.63, 3.8) is 0 Å². The number of fused-ring (bicyclic) bond motifs is 1. The molecule has 4 heteroatoms. The second-order valence-corrected chi connectivity index (χ2v) is 3.85. The van der Waals surface area contributed by atoms with Crippen LogP contribution >= 0.6 is 22.6 Å². The van der Waals surface area contributed by atoms with Gasteiger partial charge < -0.3 is 10.1 Å². The first-order valence-electron chi connectivity index (χ1n) is 3.69. The molecule has 0 saturated heterocycles. The van der Waals surface area contributed by atoms with Crippen LogP contribution in [-0.2, 0) is 0 Å². The summed E-state index contributed by atoms with van der Waals surface area (Å²) in [7, 11) is 0. The van der Waals surface area contributed by atoms with Crippen molar-refractivity contribution in [1.29, 1.82) is 0 Å². The average Bonchev–Trinajstić information content (AvgIpc) is 2.49. The predicted molar refractivity (Wildman–Crippen MR) is 58.0 cm³/mol. The van der Waals surface area contributed by atoms with Crippen LogP contribution in [0, 0.1) is 3.57 Å². The van der Waals surface area contributed by atoms with E-state index in [2.05, 4.69) is 27.6 Å². The lowest BCUT2D eigenvalue weighted by Crippen LogP contribution is -1.94. The van der Waals surface area contributed by atoms with Crippen molar-refractivity contribution in [3.05, 3.63) is 33.5 Å². The lowest BCUT2D eigenvalue weighted by Gasteiger charge is -1.91. The van der Waals surface area contributed by atoms with E-state index >= 15 is 0 Å². The van der Waals surface area contributed by atoms with E-state index in [0.29, 0.717) is 0 Å². The molecule has 0 atom stereocenters. The number of aromatic nitrogens is 1. The van der Waals surface area contributed by atoms with Crippen molar-refractivity contribution in [2.45, 2.75) is 0 Å². The maximum Gasteiger partial charge on any atom is 0.352 e. The van der Waals surface area contributed by atoms with E-state index in [1.807, 2.05) is 18.2 Å². The number of nitrogens with one attached hydrogen (secondary N) is 1. The fourth-order valence-corrected chi connectivity index (χ4v) is 1.89. The monoisotopic (exact) mass is 287 g/mol. The number of para-hydroxylation sites is 1. The number of aromatic amines is 1. The molecule has 2 rings (SSSR count). The highest BCUT2D eigenvalue weighted by molar-refractivity contribution is 14.1. The van der Waals surface area contributed by atoms with E-state index in [1.54, 1.807) is 6.07 Å². The van der Waals surface area contributed by atoms with Gasteiger partial charge in [-0.15, -0.1) is 0 Å². The van der Waals surface area contributed by atoms with Crippen molar-refractivity contribution >= 4 is 39.5 Å². The molecule has 0 radical (unpaired) electrons. The number of carbonyl (C=O) groups is 1. The van der Waals surface area contributed by atoms with Gasteiger partial charge in [-0.3, -0.25) is 0 Å². The maximum absolute atomic E-state index is 10.6. The number of halogens is 1. The van der Waals surface area contributed by atoms with Crippen LogP contribution in [0.3, 0.4) is 0 Å². The second kappa shape index (κ2) is 3.02. The van der Waals surface area contributed by atoms with Crippen LogP contribution in [0.15, 0.2) is 24.3 Å². The Kier molecular flexibility index (Phi) is 1.99. The normalized spacial score (nSPS) is 10.5. The highest BCUT2D eigenvalue weighted by atomic mass is 127. The molecule has 3 nitrogen and oxygen atoms in total. The molecule has 2 N–H and O–H groups in total. The summed E-state index contributed by atoms with van der Waals surface area (Å²) < 4.78 is 1.03. The third-order valence-electron chi connectivity index (χ3n) is 1.84. The first kappa shape index (κ1) is 8.55. The van der Waals surface area contributed by atoms with Crippen molar-refractivity contribution < 1.29 is 9.90 Å². The van der Waals surface area contributed by atoms with Gasteiger partial charge in [0.2, 0.25) is 0 Å². The average molecular weight is 287 g/mol. The largest absolute Gasteiger partial charge is 0.477 e. The van der Waals surface area contributed by atoms with Gasteiger partial charge in [0.05, 0.1) is 5.52 Å². The van der Waals surface area contributed by atoms with Gasteiger partial charge in [0, 0.05) is 8.96 Å². The van der Waals surface area contributed by atoms with Crippen molar-refractivity contribution in [1.82, 2.24) is 4.98 Å². The molecule has 1 aromatic heterocycles. The van der Waals surface area contributed by atoms with Crippen LogP contribution in [0.4, 0.5) is 0 Å². The number of aromatic carboxylic acids is 1. The summed E-state index contributed by atoms with van der Waals surface area (Å²) in [5, 5.41) is 9.68. The van der Waals surface area contributed by atoms with E-state index in [9.17, 15) is 4.79 Å². The fraction of sp³-hybridized carbons (Fsp3) is 0. The van der Waals surface area contributed by atoms with E-state index < -0.39 is 5.97 Å². The second-order valence-electron chi connectivity index (χ2n) is 2.69. The first-order chi connectivity index (χ1) is 6.18. The minimum atomic E-state index is -0.924. The summed E-state index contributed by atoms with van der Waals surface area (Å²) in [6.45, 7) is 0. The van der Waals surface area contributed by atoms with Crippen molar-refractivity contribution in [2.75, 3.05) is 0 Å². The number of carboxylic acid groups (broad SMARTS) is 1. The maximum atomic E-state index is 10.6. The summed E-state index contributed by atoms with van der Waals surface area (Å²) in [6.07, 6.45) is 0. The Bertz CT molecular complexity index is 475. The number of hydrogen-bond acceptors (Lipinski definition) is 1. The molecule has 0 unspecified atom stereocenters. The lowest BCUT2D eigenvalue weighted by atomic mass is 10.2. The molecule has 1 heterocycles. The Morgan fingerprint density at radius 1 is 1.46 bits per heavy atom. The SMILES string of the molecule is O=C(O)c1cc2cccc(I)c2[nH]1. The molecule has 0 fully saturated rings. The lowest BCUT2D eigenvalue weighted by molar-refractivity contribution is 0.0691. The molecule has 0 aliphatic carbocycles. The number of rotatable bonds is 1. The summed E-state index contributed by atoms with van der Waals surface area (Å²) in [6, 6.07) is 7.37. The standard InChI is InChI=1S/C9H6INO2/c10-6-3-1-2-5-4-7(9(12)13)11-8(5)6/h1-4,11H,(H,12,13). The van der Waals surface area contributed by atoms with Gasteiger partial charge in [-0.05, 0) is 34.7 Å². The van der Waals surface area contributed by atoms with Crippen LogP contribution in [0.5, 0.6) is 0 Å². The van der Waals surface area contributed by atoms with Gasteiger partial charge >= 0.3 is 5.97 Å². The van der Waals surface area contributed by atoms with E-state index in [-0.39, 0.29) is 5.69 Å². The molecule has 66 valence electrons. The Morgan fingerprint density at radius 2 is 2.23 bits per heavy atom. The van der Waals surface area contributed by atoms with Gasteiger partial charge in [0.15, 0.2) is 0 Å². The third kappa shape index (κ3) is 1.41. The fourth-order valence-electron chi connectivity index (χ4n) is 1.23. The molecule has 1 aromatic carbocycles. The number of benzene rings is 1. The Labute approximate surface area is 87.9 Å². The van der Waals surface area contributed by atoms with Gasteiger partial charge in [0.1, 0.15) is 5.69 Å². The van der Waals surface area contributed by atoms with Crippen LogP contribution in [0.25, 0.3) is 10.9 Å². The molecule has 13 heavy (non-hydrogen) atoms. The molecule has 2 aromatic rings. The van der Waals surface area contributed by atoms with E-state index in [0.717, 1.165) is 14.5 Å². The van der Waals surface area contributed by atoms with Crippen LogP contribution in [0.1, 0.15) is 10.5 Å². The molecule has 0 aliphatic rings. The summed E-state index contributed by atoms with van der Waals surface area (Å²) in [4.78, 5) is 13.5. The van der Waals surface area contributed by atoms with E-state index in [1.165, 1.54) is 0 Å². The smallest absolute Gasteiger partial charge is 0.352 e. The molecule has 0 saturated carbocycles. The zero-order chi connectivity index (χ0) is 9.42. The predicted octanol–water partition coefficient (Wildman–Crippen LogP) is 2.47. The Morgan fingerprint density at radius 3 is 2.85 bits per heavy atom. The highest BCUT2D eigenvalue weighted by Gasteiger charge is 2.08. The molecule has 0 spiro atoms. The molecule has 0 aliphatic heterocycles. The number of hydrogen-bond donors (Lipinski definition) is 2.